The molecule has 0 unspecified atom stereocenters. The number of para-hydroxylation sites is 1. The van der Waals surface area contributed by atoms with Crippen molar-refractivity contribution in [2.24, 2.45) is 0 Å². The average molecular weight is 316 g/mol. The Balaban J connectivity index is 2.03. The molecule has 2 rings (SSSR count). The Labute approximate surface area is 136 Å². The lowest BCUT2D eigenvalue weighted by atomic mass is 10.2. The van der Waals surface area contributed by atoms with E-state index in [2.05, 4.69) is 24.9 Å². The van der Waals surface area contributed by atoms with Gasteiger partial charge in [-0.1, -0.05) is 38.8 Å². The summed E-state index contributed by atoms with van der Waals surface area (Å²) in [6.07, 6.45) is 7.85. The maximum atomic E-state index is 12.4. The number of unbranched alkanes of at least 4 members (excludes halogenated alkanes) is 2. The van der Waals surface area contributed by atoms with E-state index < -0.39 is 0 Å². The largest absolute Gasteiger partial charge is 0.339 e. The minimum atomic E-state index is 0.0983. The molecule has 0 atom stereocenters. The quantitative estimate of drug-likeness (QED) is 0.659. The SMILES string of the molecule is CCCCN(CCCC)C(=O)/C=C/c1nc2ccccc2s1. The first-order valence-corrected chi connectivity index (χ1v) is 8.88. The Morgan fingerprint density at radius 1 is 1.18 bits per heavy atom. The fourth-order valence-corrected chi connectivity index (χ4v) is 3.11. The summed E-state index contributed by atoms with van der Waals surface area (Å²) >= 11 is 1.62. The van der Waals surface area contributed by atoms with Gasteiger partial charge in [0.15, 0.2) is 0 Å². The number of benzene rings is 1. The van der Waals surface area contributed by atoms with Crippen molar-refractivity contribution < 1.29 is 4.79 Å². The van der Waals surface area contributed by atoms with Crippen LogP contribution in [0.2, 0.25) is 0 Å². The first-order chi connectivity index (χ1) is 10.7. The van der Waals surface area contributed by atoms with E-state index in [4.69, 9.17) is 0 Å². The zero-order chi connectivity index (χ0) is 15.8. The Hall–Kier alpha value is -1.68. The summed E-state index contributed by atoms with van der Waals surface area (Å²) in [5, 5.41) is 0.889. The minimum absolute atomic E-state index is 0.0983. The predicted octanol–water partition coefficient (Wildman–Crippen LogP) is 4.74. The summed E-state index contributed by atoms with van der Waals surface area (Å²) in [5.74, 6) is 0.0983. The maximum absolute atomic E-state index is 12.4. The Morgan fingerprint density at radius 3 is 2.50 bits per heavy atom. The third-order valence-electron chi connectivity index (χ3n) is 3.55. The fraction of sp³-hybridized carbons (Fsp3) is 0.444. The van der Waals surface area contributed by atoms with Crippen LogP contribution in [-0.2, 0) is 4.79 Å². The molecule has 0 radical (unpaired) electrons. The Morgan fingerprint density at radius 2 is 1.86 bits per heavy atom. The molecule has 118 valence electrons. The molecule has 3 nitrogen and oxygen atoms in total. The highest BCUT2D eigenvalue weighted by Gasteiger charge is 2.09. The van der Waals surface area contributed by atoms with Gasteiger partial charge in [-0.05, 0) is 31.1 Å². The highest BCUT2D eigenvalue weighted by molar-refractivity contribution is 7.19. The average Bonchev–Trinajstić information content (AvgIpc) is 2.95. The second kappa shape index (κ2) is 8.69. The molecule has 2 aromatic rings. The van der Waals surface area contributed by atoms with Gasteiger partial charge < -0.3 is 4.90 Å². The number of thiazole rings is 1. The number of amides is 1. The smallest absolute Gasteiger partial charge is 0.246 e. The van der Waals surface area contributed by atoms with E-state index in [0.717, 1.165) is 54.0 Å². The molecular formula is C18H24N2OS. The third kappa shape index (κ3) is 4.67. The minimum Gasteiger partial charge on any atom is -0.339 e. The van der Waals surface area contributed by atoms with Crippen LogP contribution in [0.25, 0.3) is 16.3 Å². The highest BCUT2D eigenvalue weighted by Crippen LogP contribution is 2.22. The lowest BCUT2D eigenvalue weighted by Gasteiger charge is -2.20. The van der Waals surface area contributed by atoms with Crippen LogP contribution in [0.4, 0.5) is 0 Å². The van der Waals surface area contributed by atoms with Crippen LogP contribution in [0.5, 0.6) is 0 Å². The van der Waals surface area contributed by atoms with Gasteiger partial charge in [0.1, 0.15) is 5.01 Å². The van der Waals surface area contributed by atoms with Gasteiger partial charge >= 0.3 is 0 Å². The van der Waals surface area contributed by atoms with Gasteiger partial charge in [0.2, 0.25) is 5.91 Å². The molecule has 0 bridgehead atoms. The van der Waals surface area contributed by atoms with Gasteiger partial charge in [0.25, 0.3) is 0 Å². The zero-order valence-electron chi connectivity index (χ0n) is 13.4. The van der Waals surface area contributed by atoms with Crippen molar-refractivity contribution in [2.45, 2.75) is 39.5 Å². The first kappa shape index (κ1) is 16.7. The van der Waals surface area contributed by atoms with Gasteiger partial charge in [-0.15, -0.1) is 11.3 Å². The highest BCUT2D eigenvalue weighted by atomic mass is 32.1. The third-order valence-corrected chi connectivity index (χ3v) is 4.56. The van der Waals surface area contributed by atoms with Crippen molar-refractivity contribution in [3.8, 4) is 0 Å². The molecule has 0 aliphatic rings. The molecule has 0 N–H and O–H groups in total. The zero-order valence-corrected chi connectivity index (χ0v) is 14.2. The number of carbonyl (C=O) groups is 1. The number of nitrogens with zero attached hydrogens (tertiary/aromatic N) is 2. The molecule has 0 saturated carbocycles. The molecule has 0 saturated heterocycles. The van der Waals surface area contributed by atoms with E-state index in [1.807, 2.05) is 29.2 Å². The summed E-state index contributed by atoms with van der Waals surface area (Å²) in [5.41, 5.74) is 0.994. The number of hydrogen-bond donors (Lipinski definition) is 0. The van der Waals surface area contributed by atoms with Crippen molar-refractivity contribution in [1.29, 1.82) is 0 Å². The molecular weight excluding hydrogens is 292 g/mol. The molecule has 0 fully saturated rings. The van der Waals surface area contributed by atoms with Crippen molar-refractivity contribution in [3.63, 3.8) is 0 Å². The number of hydrogen-bond acceptors (Lipinski definition) is 3. The normalized spacial score (nSPS) is 11.4. The van der Waals surface area contributed by atoms with Crippen molar-refractivity contribution in [2.75, 3.05) is 13.1 Å². The monoisotopic (exact) mass is 316 g/mol. The van der Waals surface area contributed by atoms with Crippen LogP contribution in [0.3, 0.4) is 0 Å². The molecule has 4 heteroatoms. The van der Waals surface area contributed by atoms with Crippen LogP contribution in [-0.4, -0.2) is 28.9 Å². The lowest BCUT2D eigenvalue weighted by Crippen LogP contribution is -2.31. The van der Waals surface area contributed by atoms with Gasteiger partial charge in [0, 0.05) is 19.2 Å². The Bertz CT molecular complexity index is 592. The second-order valence-electron chi connectivity index (χ2n) is 5.39. The number of fused-ring (bicyclic) bond motifs is 1. The molecule has 22 heavy (non-hydrogen) atoms. The summed E-state index contributed by atoms with van der Waals surface area (Å²) in [6, 6.07) is 8.05. The van der Waals surface area contributed by atoms with Crippen molar-refractivity contribution in [3.05, 3.63) is 35.3 Å². The van der Waals surface area contributed by atoms with E-state index in [0.29, 0.717) is 0 Å². The number of rotatable bonds is 8. The molecule has 1 aromatic heterocycles. The van der Waals surface area contributed by atoms with Gasteiger partial charge in [-0.2, -0.15) is 0 Å². The molecule has 1 heterocycles. The van der Waals surface area contributed by atoms with Crippen LogP contribution in [0.15, 0.2) is 30.3 Å². The van der Waals surface area contributed by atoms with Gasteiger partial charge in [-0.3, -0.25) is 4.79 Å². The van der Waals surface area contributed by atoms with Crippen LogP contribution in [0, 0.1) is 0 Å². The summed E-state index contributed by atoms with van der Waals surface area (Å²) in [4.78, 5) is 18.8. The van der Waals surface area contributed by atoms with Crippen molar-refractivity contribution in [1.82, 2.24) is 9.88 Å². The van der Waals surface area contributed by atoms with Crippen molar-refractivity contribution >= 4 is 33.5 Å². The predicted molar refractivity (Wildman–Crippen MR) is 95.1 cm³/mol. The van der Waals surface area contributed by atoms with E-state index in [9.17, 15) is 4.79 Å². The number of carbonyl (C=O) groups excluding carboxylic acids is 1. The van der Waals surface area contributed by atoms with Gasteiger partial charge in [-0.25, -0.2) is 4.98 Å². The summed E-state index contributed by atoms with van der Waals surface area (Å²) in [6.45, 7) is 6.00. The lowest BCUT2D eigenvalue weighted by molar-refractivity contribution is -0.126. The summed E-state index contributed by atoms with van der Waals surface area (Å²) in [7, 11) is 0. The molecule has 0 spiro atoms. The molecule has 1 aromatic carbocycles. The molecule has 1 amide bonds. The van der Waals surface area contributed by atoms with Crippen LogP contribution < -0.4 is 0 Å². The van der Waals surface area contributed by atoms with Crippen LogP contribution >= 0.6 is 11.3 Å². The second-order valence-corrected chi connectivity index (χ2v) is 6.45. The van der Waals surface area contributed by atoms with E-state index in [1.54, 1.807) is 17.4 Å². The van der Waals surface area contributed by atoms with E-state index in [-0.39, 0.29) is 5.91 Å². The molecule has 0 aliphatic carbocycles. The Kier molecular flexibility index (Phi) is 6.59. The van der Waals surface area contributed by atoms with Gasteiger partial charge in [0.05, 0.1) is 10.2 Å². The van der Waals surface area contributed by atoms with E-state index >= 15 is 0 Å². The van der Waals surface area contributed by atoms with Crippen LogP contribution in [0.1, 0.15) is 44.5 Å². The number of aromatic nitrogens is 1. The summed E-state index contributed by atoms with van der Waals surface area (Å²) < 4.78 is 1.16. The van der Waals surface area contributed by atoms with E-state index in [1.165, 1.54) is 0 Å². The molecule has 0 aliphatic heterocycles. The standard InChI is InChI=1S/C18H24N2OS/c1-3-5-13-20(14-6-4-2)18(21)12-11-17-19-15-9-7-8-10-16(15)22-17/h7-12H,3-6,13-14H2,1-2H3/b12-11+. The first-order valence-electron chi connectivity index (χ1n) is 8.07. The fourth-order valence-electron chi connectivity index (χ4n) is 2.24. The maximum Gasteiger partial charge on any atom is 0.246 e. The topological polar surface area (TPSA) is 33.2 Å².